The first kappa shape index (κ1) is 19.1. The van der Waals surface area contributed by atoms with Crippen LogP contribution in [0.15, 0.2) is 59.5 Å². The van der Waals surface area contributed by atoms with E-state index in [-0.39, 0.29) is 11.5 Å². The minimum absolute atomic E-state index is 0.235. The van der Waals surface area contributed by atoms with Crippen LogP contribution >= 0.6 is 0 Å². The van der Waals surface area contributed by atoms with Crippen LogP contribution in [0.1, 0.15) is 35.0 Å². The topological polar surface area (TPSA) is 91.8 Å². The molecule has 1 aliphatic heterocycles. The summed E-state index contributed by atoms with van der Waals surface area (Å²) in [5, 5.41) is 1.00. The second-order valence-electron chi connectivity index (χ2n) is 7.57. The van der Waals surface area contributed by atoms with Gasteiger partial charge in [-0.1, -0.05) is 25.1 Å². The van der Waals surface area contributed by atoms with Crippen LogP contribution < -0.4 is 10.5 Å². The Morgan fingerprint density at radius 1 is 1.13 bits per heavy atom. The lowest BCUT2D eigenvalue weighted by Crippen LogP contribution is -2.39. The number of aryl methyl sites for hydroxylation is 1. The monoisotopic (exact) mass is 411 g/mol. The fourth-order valence-corrected chi connectivity index (χ4v) is 3.93. The second-order valence-corrected chi connectivity index (χ2v) is 7.57. The SMILES string of the molecule is CCc1ccc2nc(C(=O)N3CCCc4c3nc(-c3ccccn3)[nH]c4=O)ccc2c1. The van der Waals surface area contributed by atoms with E-state index >= 15 is 0 Å². The predicted molar refractivity (Wildman–Crippen MR) is 119 cm³/mol. The Balaban J connectivity index is 1.56. The number of anilines is 1. The molecular weight excluding hydrogens is 390 g/mol. The summed E-state index contributed by atoms with van der Waals surface area (Å²) >= 11 is 0. The van der Waals surface area contributed by atoms with Crippen LogP contribution in [0.25, 0.3) is 22.4 Å². The van der Waals surface area contributed by atoms with E-state index in [9.17, 15) is 9.59 Å². The Labute approximate surface area is 178 Å². The largest absolute Gasteiger partial charge is 0.305 e. The summed E-state index contributed by atoms with van der Waals surface area (Å²) in [6, 6.07) is 15.1. The molecule has 1 amide bonds. The van der Waals surface area contributed by atoms with Crippen molar-refractivity contribution in [1.29, 1.82) is 0 Å². The standard InChI is InChI=1S/C24H21N5O2/c1-2-15-8-10-18-16(14-15)9-11-20(26-18)24(31)29-13-5-6-17-22(29)27-21(28-23(17)30)19-7-3-4-12-25-19/h3-4,7-12,14H,2,5-6,13H2,1H3,(H,27,28,30). The van der Waals surface area contributed by atoms with Crippen molar-refractivity contribution in [2.24, 2.45) is 0 Å². The van der Waals surface area contributed by atoms with Gasteiger partial charge < -0.3 is 4.98 Å². The number of aromatic nitrogens is 4. The molecule has 0 fully saturated rings. The maximum Gasteiger partial charge on any atom is 0.278 e. The molecule has 154 valence electrons. The summed E-state index contributed by atoms with van der Waals surface area (Å²) in [6.07, 6.45) is 3.86. The number of nitrogens with one attached hydrogen (secondary N) is 1. The van der Waals surface area contributed by atoms with Crippen LogP contribution in [-0.4, -0.2) is 32.4 Å². The zero-order chi connectivity index (χ0) is 21.4. The fraction of sp³-hybridized carbons (Fsp3) is 0.208. The van der Waals surface area contributed by atoms with Crippen molar-refractivity contribution in [2.45, 2.75) is 26.2 Å². The van der Waals surface area contributed by atoms with Gasteiger partial charge in [-0.05, 0) is 55.2 Å². The predicted octanol–water partition coefficient (Wildman–Crippen LogP) is 3.54. The first-order valence-corrected chi connectivity index (χ1v) is 10.4. The lowest BCUT2D eigenvalue weighted by atomic mass is 10.1. The second kappa shape index (κ2) is 7.75. The van der Waals surface area contributed by atoms with Gasteiger partial charge in [-0.2, -0.15) is 0 Å². The summed E-state index contributed by atoms with van der Waals surface area (Å²) in [5.41, 5.74) is 3.17. The molecule has 0 saturated carbocycles. The Bertz CT molecular complexity index is 1350. The highest BCUT2D eigenvalue weighted by atomic mass is 16.2. The van der Waals surface area contributed by atoms with Gasteiger partial charge in [0.1, 0.15) is 17.2 Å². The van der Waals surface area contributed by atoms with E-state index in [1.54, 1.807) is 29.3 Å². The number of hydrogen-bond acceptors (Lipinski definition) is 5. The van der Waals surface area contributed by atoms with Crippen LogP contribution in [0.4, 0.5) is 5.82 Å². The number of aromatic amines is 1. The van der Waals surface area contributed by atoms with Crippen LogP contribution in [0.2, 0.25) is 0 Å². The van der Waals surface area contributed by atoms with Crippen LogP contribution in [0, 0.1) is 0 Å². The van der Waals surface area contributed by atoms with Gasteiger partial charge in [0.25, 0.3) is 11.5 Å². The molecule has 1 aliphatic rings. The normalized spacial score (nSPS) is 13.3. The summed E-state index contributed by atoms with van der Waals surface area (Å²) in [7, 11) is 0. The average Bonchev–Trinajstić information content (AvgIpc) is 2.83. The van der Waals surface area contributed by atoms with E-state index in [1.165, 1.54) is 5.56 Å². The van der Waals surface area contributed by atoms with Crippen molar-refractivity contribution < 1.29 is 4.79 Å². The zero-order valence-electron chi connectivity index (χ0n) is 17.1. The lowest BCUT2D eigenvalue weighted by Gasteiger charge is -2.27. The summed E-state index contributed by atoms with van der Waals surface area (Å²) in [4.78, 5) is 43.9. The van der Waals surface area contributed by atoms with Crippen molar-refractivity contribution in [3.8, 4) is 11.5 Å². The zero-order valence-corrected chi connectivity index (χ0v) is 17.1. The molecule has 0 saturated heterocycles. The third-order valence-electron chi connectivity index (χ3n) is 5.59. The molecule has 4 aromatic rings. The number of pyridine rings is 2. The first-order valence-electron chi connectivity index (χ1n) is 10.4. The molecule has 4 heterocycles. The minimum atomic E-state index is -0.257. The van der Waals surface area contributed by atoms with Gasteiger partial charge in [-0.3, -0.25) is 19.5 Å². The molecular formula is C24H21N5O2. The number of rotatable bonds is 3. The van der Waals surface area contributed by atoms with Gasteiger partial charge in [0.15, 0.2) is 5.82 Å². The molecule has 0 bridgehead atoms. The van der Waals surface area contributed by atoms with Crippen molar-refractivity contribution in [3.63, 3.8) is 0 Å². The smallest absolute Gasteiger partial charge is 0.278 e. The fourth-order valence-electron chi connectivity index (χ4n) is 3.93. The molecule has 7 heteroatoms. The van der Waals surface area contributed by atoms with E-state index in [0.29, 0.717) is 48.0 Å². The van der Waals surface area contributed by atoms with Gasteiger partial charge in [-0.25, -0.2) is 9.97 Å². The van der Waals surface area contributed by atoms with E-state index < -0.39 is 0 Å². The van der Waals surface area contributed by atoms with E-state index in [4.69, 9.17) is 0 Å². The Kier molecular flexibility index (Phi) is 4.78. The molecule has 31 heavy (non-hydrogen) atoms. The van der Waals surface area contributed by atoms with Crippen LogP contribution in [0.3, 0.4) is 0 Å². The number of nitrogens with zero attached hydrogens (tertiary/aromatic N) is 4. The van der Waals surface area contributed by atoms with Gasteiger partial charge in [0.05, 0.1) is 11.1 Å². The summed E-state index contributed by atoms with van der Waals surface area (Å²) in [6.45, 7) is 2.59. The Morgan fingerprint density at radius 2 is 2.03 bits per heavy atom. The molecule has 0 radical (unpaired) electrons. The third kappa shape index (κ3) is 3.48. The van der Waals surface area contributed by atoms with Gasteiger partial charge >= 0.3 is 0 Å². The van der Waals surface area contributed by atoms with Gasteiger partial charge in [-0.15, -0.1) is 0 Å². The molecule has 3 aromatic heterocycles. The number of carbonyl (C=O) groups is 1. The Hall–Kier alpha value is -3.87. The minimum Gasteiger partial charge on any atom is -0.305 e. The first-order chi connectivity index (χ1) is 15.1. The lowest BCUT2D eigenvalue weighted by molar-refractivity contribution is 0.0979. The molecule has 0 aliphatic carbocycles. The highest BCUT2D eigenvalue weighted by molar-refractivity contribution is 6.06. The van der Waals surface area contributed by atoms with Crippen LogP contribution in [0.5, 0.6) is 0 Å². The highest BCUT2D eigenvalue weighted by Gasteiger charge is 2.28. The molecule has 0 spiro atoms. The van der Waals surface area contributed by atoms with Crippen molar-refractivity contribution in [2.75, 3.05) is 11.4 Å². The number of amides is 1. The molecule has 0 atom stereocenters. The van der Waals surface area contributed by atoms with Gasteiger partial charge in [0, 0.05) is 18.1 Å². The molecule has 1 aromatic carbocycles. The molecule has 5 rings (SSSR count). The molecule has 0 unspecified atom stereocenters. The number of fused-ring (bicyclic) bond motifs is 2. The Morgan fingerprint density at radius 3 is 2.84 bits per heavy atom. The van der Waals surface area contributed by atoms with E-state index in [2.05, 4.69) is 32.9 Å². The van der Waals surface area contributed by atoms with Crippen molar-refractivity contribution >= 4 is 22.6 Å². The number of benzene rings is 1. The average molecular weight is 411 g/mol. The number of hydrogen-bond donors (Lipinski definition) is 1. The van der Waals surface area contributed by atoms with Gasteiger partial charge in [0.2, 0.25) is 0 Å². The van der Waals surface area contributed by atoms with Crippen molar-refractivity contribution in [1.82, 2.24) is 19.9 Å². The van der Waals surface area contributed by atoms with Crippen LogP contribution in [-0.2, 0) is 12.8 Å². The number of carbonyl (C=O) groups excluding carboxylic acids is 1. The molecule has 1 N–H and O–H groups in total. The van der Waals surface area contributed by atoms with E-state index in [0.717, 1.165) is 17.3 Å². The third-order valence-corrected chi connectivity index (χ3v) is 5.59. The summed E-state index contributed by atoms with van der Waals surface area (Å²) in [5.74, 6) is 0.485. The molecule has 7 nitrogen and oxygen atoms in total. The van der Waals surface area contributed by atoms with E-state index in [1.807, 2.05) is 24.3 Å². The maximum atomic E-state index is 13.4. The summed E-state index contributed by atoms with van der Waals surface area (Å²) < 4.78 is 0. The highest BCUT2D eigenvalue weighted by Crippen LogP contribution is 2.26. The maximum absolute atomic E-state index is 13.4. The quantitative estimate of drug-likeness (QED) is 0.557. The van der Waals surface area contributed by atoms with Crippen molar-refractivity contribution in [3.05, 3.63) is 81.9 Å². The number of H-pyrrole nitrogens is 1.